The highest BCUT2D eigenvalue weighted by molar-refractivity contribution is 5.80. The summed E-state index contributed by atoms with van der Waals surface area (Å²) in [5.74, 6) is -0.0575. The van der Waals surface area contributed by atoms with E-state index in [9.17, 15) is 4.79 Å². The van der Waals surface area contributed by atoms with Crippen LogP contribution in [0.5, 0.6) is 0 Å². The number of ether oxygens (including phenoxy) is 1. The molecule has 0 aromatic heterocycles. The molecule has 0 heterocycles. The van der Waals surface area contributed by atoms with Crippen LogP contribution in [0, 0.1) is 0 Å². The van der Waals surface area contributed by atoms with Crippen molar-refractivity contribution in [3.05, 3.63) is 0 Å². The van der Waals surface area contributed by atoms with Gasteiger partial charge in [-0.1, -0.05) is 26.7 Å². The fourth-order valence-electron chi connectivity index (χ4n) is 2.02. The van der Waals surface area contributed by atoms with Crippen LogP contribution in [0.2, 0.25) is 0 Å². The molecule has 0 amide bonds. The van der Waals surface area contributed by atoms with Gasteiger partial charge in [0.25, 0.3) is 0 Å². The first kappa shape index (κ1) is 13.5. The van der Waals surface area contributed by atoms with Crippen molar-refractivity contribution in [3.63, 3.8) is 0 Å². The average molecular weight is 227 g/mol. The lowest BCUT2D eigenvalue weighted by molar-refractivity contribution is -0.152. The molecule has 16 heavy (non-hydrogen) atoms. The standard InChI is InChI=1S/C13H25NO2/c1-4-7-10-13(5-2,12(15)16-6-3)14-11-8-9-11/h11,14H,4-10H2,1-3H3. The average Bonchev–Trinajstić information content (AvgIpc) is 3.08. The van der Waals surface area contributed by atoms with Crippen molar-refractivity contribution in [1.29, 1.82) is 0 Å². The molecule has 0 aliphatic heterocycles. The molecule has 1 aliphatic rings. The summed E-state index contributed by atoms with van der Waals surface area (Å²) >= 11 is 0. The Kier molecular flexibility index (Phi) is 5.26. The number of carbonyl (C=O) groups is 1. The Morgan fingerprint density at radius 2 is 2.06 bits per heavy atom. The van der Waals surface area contributed by atoms with E-state index in [1.165, 1.54) is 12.8 Å². The molecule has 0 aromatic rings. The van der Waals surface area contributed by atoms with Gasteiger partial charge >= 0.3 is 5.97 Å². The van der Waals surface area contributed by atoms with Gasteiger partial charge in [0.05, 0.1) is 6.61 Å². The zero-order valence-corrected chi connectivity index (χ0v) is 10.8. The van der Waals surface area contributed by atoms with Gasteiger partial charge in [-0.05, 0) is 32.6 Å². The maximum absolute atomic E-state index is 12.1. The molecule has 0 radical (unpaired) electrons. The number of hydrogen-bond acceptors (Lipinski definition) is 3. The van der Waals surface area contributed by atoms with Gasteiger partial charge in [0.15, 0.2) is 0 Å². The van der Waals surface area contributed by atoms with Crippen molar-refractivity contribution >= 4 is 5.97 Å². The number of unbranched alkanes of at least 4 members (excludes halogenated alkanes) is 1. The smallest absolute Gasteiger partial charge is 0.326 e. The Morgan fingerprint density at radius 1 is 1.38 bits per heavy atom. The molecule has 1 N–H and O–H groups in total. The van der Waals surface area contributed by atoms with Crippen molar-refractivity contribution < 1.29 is 9.53 Å². The summed E-state index contributed by atoms with van der Waals surface area (Å²) in [6, 6.07) is 0.543. The van der Waals surface area contributed by atoms with Crippen LogP contribution in [0.3, 0.4) is 0 Å². The maximum Gasteiger partial charge on any atom is 0.326 e. The molecular formula is C13H25NO2. The van der Waals surface area contributed by atoms with Gasteiger partial charge < -0.3 is 4.74 Å². The summed E-state index contributed by atoms with van der Waals surface area (Å²) in [4.78, 5) is 12.1. The van der Waals surface area contributed by atoms with Gasteiger partial charge in [0.2, 0.25) is 0 Å². The van der Waals surface area contributed by atoms with Gasteiger partial charge in [-0.2, -0.15) is 0 Å². The van der Waals surface area contributed by atoms with E-state index in [0.29, 0.717) is 12.6 Å². The van der Waals surface area contributed by atoms with Gasteiger partial charge in [0.1, 0.15) is 5.54 Å². The van der Waals surface area contributed by atoms with Gasteiger partial charge in [-0.3, -0.25) is 10.1 Å². The minimum absolute atomic E-state index is 0.0575. The van der Waals surface area contributed by atoms with E-state index in [1.807, 2.05) is 6.92 Å². The lowest BCUT2D eigenvalue weighted by Crippen LogP contribution is -2.53. The molecular weight excluding hydrogens is 202 g/mol. The topological polar surface area (TPSA) is 38.3 Å². The zero-order valence-electron chi connectivity index (χ0n) is 10.8. The first-order valence-corrected chi connectivity index (χ1v) is 6.63. The van der Waals surface area contributed by atoms with E-state index >= 15 is 0 Å². The molecule has 3 nitrogen and oxygen atoms in total. The maximum atomic E-state index is 12.1. The van der Waals surface area contributed by atoms with Crippen LogP contribution in [0.25, 0.3) is 0 Å². The van der Waals surface area contributed by atoms with E-state index in [2.05, 4.69) is 19.2 Å². The van der Waals surface area contributed by atoms with Gasteiger partial charge in [-0.15, -0.1) is 0 Å². The fourth-order valence-corrected chi connectivity index (χ4v) is 2.02. The first-order chi connectivity index (χ1) is 7.68. The van der Waals surface area contributed by atoms with Crippen molar-refractivity contribution in [3.8, 4) is 0 Å². The lowest BCUT2D eigenvalue weighted by Gasteiger charge is -2.31. The largest absolute Gasteiger partial charge is 0.465 e. The molecule has 1 fully saturated rings. The van der Waals surface area contributed by atoms with E-state index in [0.717, 1.165) is 25.7 Å². The third kappa shape index (κ3) is 3.48. The van der Waals surface area contributed by atoms with Crippen LogP contribution in [-0.4, -0.2) is 24.2 Å². The molecule has 3 heteroatoms. The van der Waals surface area contributed by atoms with Crippen molar-refractivity contribution in [2.24, 2.45) is 0 Å². The minimum atomic E-state index is -0.423. The molecule has 1 rings (SSSR count). The summed E-state index contributed by atoms with van der Waals surface area (Å²) in [5, 5.41) is 3.50. The van der Waals surface area contributed by atoms with Crippen molar-refractivity contribution in [2.45, 2.75) is 70.9 Å². The number of nitrogens with one attached hydrogen (secondary N) is 1. The predicted molar refractivity (Wildman–Crippen MR) is 65.3 cm³/mol. The number of esters is 1. The van der Waals surface area contributed by atoms with Crippen molar-refractivity contribution in [1.82, 2.24) is 5.32 Å². The second-order valence-corrected chi connectivity index (χ2v) is 4.68. The highest BCUT2D eigenvalue weighted by Gasteiger charge is 2.41. The fraction of sp³-hybridized carbons (Fsp3) is 0.923. The summed E-state index contributed by atoms with van der Waals surface area (Å²) in [6.45, 7) is 6.57. The Morgan fingerprint density at radius 3 is 2.50 bits per heavy atom. The van der Waals surface area contributed by atoms with Gasteiger partial charge in [-0.25, -0.2) is 0 Å². The first-order valence-electron chi connectivity index (χ1n) is 6.63. The number of carbonyl (C=O) groups excluding carboxylic acids is 1. The van der Waals surface area contributed by atoms with Gasteiger partial charge in [0, 0.05) is 6.04 Å². The quantitative estimate of drug-likeness (QED) is 0.648. The summed E-state index contributed by atoms with van der Waals surface area (Å²) in [6.07, 6.45) is 6.32. The molecule has 0 saturated heterocycles. The molecule has 0 aromatic carbocycles. The SMILES string of the molecule is CCCCC(CC)(NC1CC1)C(=O)OCC. The van der Waals surface area contributed by atoms with E-state index in [-0.39, 0.29) is 5.97 Å². The van der Waals surface area contributed by atoms with Crippen molar-refractivity contribution in [2.75, 3.05) is 6.61 Å². The number of hydrogen-bond donors (Lipinski definition) is 1. The predicted octanol–water partition coefficient (Wildman–Crippen LogP) is 2.64. The lowest BCUT2D eigenvalue weighted by atomic mass is 9.89. The third-order valence-corrected chi connectivity index (χ3v) is 3.28. The molecule has 0 bridgehead atoms. The molecule has 1 aliphatic carbocycles. The zero-order chi connectivity index (χ0) is 12.0. The summed E-state index contributed by atoms with van der Waals surface area (Å²) in [5.41, 5.74) is -0.423. The second-order valence-electron chi connectivity index (χ2n) is 4.68. The van der Waals surface area contributed by atoms with Crippen LogP contribution in [0.4, 0.5) is 0 Å². The molecule has 0 spiro atoms. The van der Waals surface area contributed by atoms with Crippen LogP contribution in [-0.2, 0) is 9.53 Å². The Balaban J connectivity index is 2.64. The van der Waals surface area contributed by atoms with E-state index < -0.39 is 5.54 Å². The summed E-state index contributed by atoms with van der Waals surface area (Å²) in [7, 11) is 0. The minimum Gasteiger partial charge on any atom is -0.465 e. The Bertz CT molecular complexity index is 226. The Hall–Kier alpha value is -0.570. The van der Waals surface area contributed by atoms with Crippen LogP contribution >= 0.6 is 0 Å². The van der Waals surface area contributed by atoms with Crippen LogP contribution in [0.15, 0.2) is 0 Å². The normalized spacial score (nSPS) is 19.2. The number of rotatable bonds is 8. The third-order valence-electron chi connectivity index (χ3n) is 3.28. The summed E-state index contributed by atoms with van der Waals surface area (Å²) < 4.78 is 5.22. The highest BCUT2D eigenvalue weighted by Crippen LogP contribution is 2.28. The van der Waals surface area contributed by atoms with E-state index in [4.69, 9.17) is 4.74 Å². The van der Waals surface area contributed by atoms with Crippen LogP contribution < -0.4 is 5.32 Å². The highest BCUT2D eigenvalue weighted by atomic mass is 16.5. The molecule has 1 saturated carbocycles. The molecule has 1 atom stereocenters. The Labute approximate surface area is 98.9 Å². The monoisotopic (exact) mass is 227 g/mol. The second kappa shape index (κ2) is 6.24. The molecule has 94 valence electrons. The molecule has 1 unspecified atom stereocenters. The van der Waals surface area contributed by atoms with Crippen LogP contribution in [0.1, 0.15) is 59.3 Å². The van der Waals surface area contributed by atoms with E-state index in [1.54, 1.807) is 0 Å².